The number of aliphatic carboxylic acids is 1. The van der Waals surface area contributed by atoms with Gasteiger partial charge in [0.25, 0.3) is 0 Å². The molecule has 0 fully saturated rings. The molecule has 104 valence electrons. The van der Waals surface area contributed by atoms with Crippen molar-refractivity contribution in [2.45, 2.75) is 19.6 Å². The lowest BCUT2D eigenvalue weighted by Gasteiger charge is -2.12. The van der Waals surface area contributed by atoms with Gasteiger partial charge >= 0.3 is 18.3 Å². The maximum atomic E-state index is 12.1. The van der Waals surface area contributed by atoms with Crippen molar-refractivity contribution in [2.75, 3.05) is 5.32 Å². The van der Waals surface area contributed by atoms with Crippen LogP contribution in [0.3, 0.4) is 0 Å². The van der Waals surface area contributed by atoms with Crippen LogP contribution in [0.15, 0.2) is 18.2 Å². The fourth-order valence-corrected chi connectivity index (χ4v) is 1.26. The minimum Gasteiger partial charge on any atom is -0.480 e. The first-order valence-corrected chi connectivity index (χ1v) is 5.04. The molecule has 0 unspecified atom stereocenters. The van der Waals surface area contributed by atoms with Gasteiger partial charge in [-0.05, 0) is 13.0 Å². The first-order chi connectivity index (χ1) is 8.81. The number of hydrogen-bond donors (Lipinski definition) is 2. The van der Waals surface area contributed by atoms with Crippen LogP contribution in [-0.4, -0.2) is 28.7 Å². The lowest BCUT2D eigenvalue weighted by molar-refractivity contribution is -0.386. The Balaban J connectivity index is 3.03. The summed E-state index contributed by atoms with van der Waals surface area (Å²) in [6, 6.07) is 2.12. The van der Waals surface area contributed by atoms with Gasteiger partial charge in [0.05, 0.1) is 4.92 Å². The van der Waals surface area contributed by atoms with Gasteiger partial charge in [0.2, 0.25) is 5.75 Å². The number of ether oxygens (including phenoxy) is 1. The van der Waals surface area contributed by atoms with E-state index in [1.165, 1.54) is 13.0 Å². The Morgan fingerprint density at radius 1 is 1.53 bits per heavy atom. The fourth-order valence-electron chi connectivity index (χ4n) is 1.26. The highest BCUT2D eigenvalue weighted by Gasteiger charge is 2.20. The van der Waals surface area contributed by atoms with Gasteiger partial charge in [-0.3, -0.25) is 14.9 Å². The van der Waals surface area contributed by atoms with Crippen LogP contribution in [0, 0.1) is 10.1 Å². The van der Waals surface area contributed by atoms with E-state index in [0.717, 1.165) is 12.1 Å². The van der Waals surface area contributed by atoms with Gasteiger partial charge in [0.1, 0.15) is 6.04 Å². The van der Waals surface area contributed by atoms with E-state index in [1.807, 2.05) is 0 Å². The number of carboxylic acids is 1. The SMILES string of the molecule is C[C@H](Nc1ccc([N+](=O)[O-])c(OC(F)F)c1)C(=O)O. The van der Waals surface area contributed by atoms with Crippen molar-refractivity contribution in [2.24, 2.45) is 0 Å². The number of nitro benzene ring substituents is 1. The Labute approximate surface area is 105 Å². The summed E-state index contributed by atoms with van der Waals surface area (Å²) in [5.74, 6) is -1.79. The lowest BCUT2D eigenvalue weighted by Crippen LogP contribution is -2.25. The van der Waals surface area contributed by atoms with Crippen molar-refractivity contribution in [3.63, 3.8) is 0 Å². The monoisotopic (exact) mass is 276 g/mol. The van der Waals surface area contributed by atoms with E-state index in [2.05, 4.69) is 10.1 Å². The predicted octanol–water partition coefficient (Wildman–Crippen LogP) is 2.08. The average molecular weight is 276 g/mol. The van der Waals surface area contributed by atoms with Crippen LogP contribution in [0.4, 0.5) is 20.2 Å². The summed E-state index contributed by atoms with van der Waals surface area (Å²) in [5, 5.41) is 21.8. The summed E-state index contributed by atoms with van der Waals surface area (Å²) in [7, 11) is 0. The maximum absolute atomic E-state index is 12.1. The van der Waals surface area contributed by atoms with E-state index in [1.54, 1.807) is 0 Å². The zero-order valence-corrected chi connectivity index (χ0v) is 9.67. The smallest absolute Gasteiger partial charge is 0.387 e. The molecule has 0 aromatic heterocycles. The summed E-state index contributed by atoms with van der Waals surface area (Å²) in [6.07, 6.45) is 0. The van der Waals surface area contributed by atoms with Gasteiger partial charge in [-0.25, -0.2) is 0 Å². The Hall–Kier alpha value is -2.45. The van der Waals surface area contributed by atoms with Gasteiger partial charge in [0, 0.05) is 17.8 Å². The summed E-state index contributed by atoms with van der Waals surface area (Å²) < 4.78 is 28.3. The molecule has 0 aliphatic heterocycles. The summed E-state index contributed by atoms with van der Waals surface area (Å²) in [5.41, 5.74) is -0.509. The Kier molecular flexibility index (Phi) is 4.56. The molecule has 0 radical (unpaired) electrons. The highest BCUT2D eigenvalue weighted by Crippen LogP contribution is 2.31. The third kappa shape index (κ3) is 4.05. The number of nitro groups is 1. The maximum Gasteiger partial charge on any atom is 0.387 e. The number of halogens is 2. The molecule has 0 saturated heterocycles. The van der Waals surface area contributed by atoms with Crippen LogP contribution in [0.1, 0.15) is 6.92 Å². The minimum absolute atomic E-state index is 0.121. The standard InChI is InChI=1S/C10H10F2N2O5/c1-5(9(15)16)13-6-2-3-7(14(17)18)8(4-6)19-10(11)12/h2-5,10,13H,1H3,(H,15,16)/t5-/m0/s1. The zero-order chi connectivity index (χ0) is 14.6. The molecule has 0 amide bonds. The molecule has 0 aliphatic rings. The molecule has 0 bridgehead atoms. The number of rotatable bonds is 6. The largest absolute Gasteiger partial charge is 0.480 e. The minimum atomic E-state index is -3.22. The molecule has 1 aromatic carbocycles. The first-order valence-electron chi connectivity index (χ1n) is 5.04. The molecule has 0 aliphatic carbocycles. The predicted molar refractivity (Wildman–Crippen MR) is 60.4 cm³/mol. The van der Waals surface area contributed by atoms with Gasteiger partial charge in [0.15, 0.2) is 0 Å². The number of nitrogens with one attached hydrogen (secondary N) is 1. The van der Waals surface area contributed by atoms with E-state index in [0.29, 0.717) is 0 Å². The third-order valence-electron chi connectivity index (χ3n) is 2.13. The molecule has 7 nitrogen and oxygen atoms in total. The quantitative estimate of drug-likeness (QED) is 0.609. The number of alkyl halides is 2. The molecule has 9 heteroatoms. The normalized spacial score (nSPS) is 12.0. The summed E-state index contributed by atoms with van der Waals surface area (Å²) >= 11 is 0. The number of benzene rings is 1. The fraction of sp³-hybridized carbons (Fsp3) is 0.300. The number of hydrogen-bond acceptors (Lipinski definition) is 5. The van der Waals surface area contributed by atoms with Crippen LogP contribution < -0.4 is 10.1 Å². The number of anilines is 1. The van der Waals surface area contributed by atoms with Crippen molar-refractivity contribution in [3.8, 4) is 5.75 Å². The van der Waals surface area contributed by atoms with Gasteiger partial charge in [-0.1, -0.05) is 0 Å². The van der Waals surface area contributed by atoms with E-state index >= 15 is 0 Å². The number of carboxylic acid groups (broad SMARTS) is 1. The van der Waals surface area contributed by atoms with Crippen molar-refractivity contribution >= 4 is 17.3 Å². The van der Waals surface area contributed by atoms with Crippen LogP contribution in [0.25, 0.3) is 0 Å². The van der Waals surface area contributed by atoms with Gasteiger partial charge in [-0.15, -0.1) is 0 Å². The van der Waals surface area contributed by atoms with E-state index in [-0.39, 0.29) is 5.69 Å². The van der Waals surface area contributed by atoms with Crippen LogP contribution >= 0.6 is 0 Å². The third-order valence-corrected chi connectivity index (χ3v) is 2.13. The van der Waals surface area contributed by atoms with E-state index in [9.17, 15) is 23.7 Å². The first kappa shape index (κ1) is 14.6. The highest BCUT2D eigenvalue weighted by molar-refractivity contribution is 5.77. The topological polar surface area (TPSA) is 102 Å². The molecule has 2 N–H and O–H groups in total. The van der Waals surface area contributed by atoms with E-state index < -0.39 is 35.0 Å². The second-order valence-electron chi connectivity index (χ2n) is 3.52. The Bertz CT molecular complexity index is 495. The summed E-state index contributed by atoms with van der Waals surface area (Å²) in [4.78, 5) is 20.4. The molecule has 0 spiro atoms. The van der Waals surface area contributed by atoms with Crippen LogP contribution in [0.5, 0.6) is 5.75 Å². The average Bonchev–Trinajstić information content (AvgIpc) is 2.27. The second kappa shape index (κ2) is 5.94. The van der Waals surface area contributed by atoms with Gasteiger partial charge in [-0.2, -0.15) is 8.78 Å². The molecule has 0 heterocycles. The number of nitrogens with zero attached hydrogens (tertiary/aromatic N) is 1. The van der Waals surface area contributed by atoms with E-state index in [4.69, 9.17) is 5.11 Å². The molecule has 1 atom stereocenters. The molecule has 1 aromatic rings. The second-order valence-corrected chi connectivity index (χ2v) is 3.52. The van der Waals surface area contributed by atoms with Crippen LogP contribution in [-0.2, 0) is 4.79 Å². The van der Waals surface area contributed by atoms with Crippen molar-refractivity contribution in [3.05, 3.63) is 28.3 Å². The molecular weight excluding hydrogens is 266 g/mol. The molecule has 1 rings (SSSR count). The highest BCUT2D eigenvalue weighted by atomic mass is 19.3. The van der Waals surface area contributed by atoms with Crippen LogP contribution in [0.2, 0.25) is 0 Å². The zero-order valence-electron chi connectivity index (χ0n) is 9.67. The van der Waals surface area contributed by atoms with Crippen molar-refractivity contribution < 1.29 is 28.3 Å². The van der Waals surface area contributed by atoms with Crippen molar-refractivity contribution in [1.29, 1.82) is 0 Å². The molecular formula is C10H10F2N2O5. The van der Waals surface area contributed by atoms with Gasteiger partial charge < -0.3 is 15.2 Å². The lowest BCUT2D eigenvalue weighted by atomic mass is 10.2. The molecule has 0 saturated carbocycles. The molecule has 19 heavy (non-hydrogen) atoms. The Morgan fingerprint density at radius 2 is 2.16 bits per heavy atom. The van der Waals surface area contributed by atoms with Crippen molar-refractivity contribution in [1.82, 2.24) is 0 Å². The Morgan fingerprint density at radius 3 is 2.63 bits per heavy atom. The number of carbonyl (C=O) groups is 1. The summed E-state index contributed by atoms with van der Waals surface area (Å²) in [6.45, 7) is -1.89.